The van der Waals surface area contributed by atoms with Gasteiger partial charge in [0.25, 0.3) is 48.4 Å². The maximum Gasteiger partial charge on any atom is 0.291 e. The number of nitrogens with one attached hydrogen (secondary N) is 8. The zero-order chi connectivity index (χ0) is 93.3. The number of likely N-dealkylation sites (tertiary alicyclic amines) is 4. The molecule has 134 heavy (non-hydrogen) atoms. The lowest BCUT2D eigenvalue weighted by molar-refractivity contribution is -0.141. The summed E-state index contributed by atoms with van der Waals surface area (Å²) in [6.07, 6.45) is 26.1. The number of hydrogen-bond donors (Lipinski definition) is 10. The van der Waals surface area contributed by atoms with Crippen LogP contribution in [0.1, 0.15) is 79.2 Å². The van der Waals surface area contributed by atoms with Crippen LogP contribution in [0.2, 0.25) is 0 Å². The molecule has 2 aliphatic carbocycles. The number of carbonyl (C=O) groups is 8. The number of carbonyl (C=O) groups excluding carboxylic acids is 6. The number of pyridine rings is 4. The van der Waals surface area contributed by atoms with E-state index in [1.165, 1.54) is 9.80 Å². The molecule has 6 amide bonds. The summed E-state index contributed by atoms with van der Waals surface area (Å²) in [6.45, 7) is 4.27. The number of aromatic amines is 4. The first-order chi connectivity index (χ1) is 64.9. The maximum atomic E-state index is 13.2. The van der Waals surface area contributed by atoms with Crippen molar-refractivity contribution in [2.24, 2.45) is 11.8 Å². The molecule has 4 aliphatic heterocycles. The van der Waals surface area contributed by atoms with Gasteiger partial charge in [-0.3, -0.25) is 97.4 Å². The summed E-state index contributed by atoms with van der Waals surface area (Å²) in [6, 6.07) is 35.3. The largest absolute Gasteiger partial charge is 0.483 e. The minimum absolute atomic E-state index is 0.103. The second-order valence-electron chi connectivity index (χ2n) is 31.6. The van der Waals surface area contributed by atoms with Gasteiger partial charge in [0.05, 0.1) is 117 Å². The fourth-order valence-corrected chi connectivity index (χ4v) is 14.9. The molecule has 4 saturated heterocycles. The lowest BCUT2D eigenvalue weighted by atomic mass is 10.1. The van der Waals surface area contributed by atoms with E-state index in [-0.39, 0.29) is 111 Å². The Morgan fingerprint density at radius 1 is 0.373 bits per heavy atom. The molecule has 16 aromatic heterocycles. The van der Waals surface area contributed by atoms with Crippen molar-refractivity contribution in [3.63, 3.8) is 0 Å². The number of hydrogen-bond acceptors (Lipinski definition) is 26. The van der Waals surface area contributed by atoms with Crippen LogP contribution in [0.4, 0.5) is 40.3 Å². The molecule has 22 rings (SSSR count). The molecule has 42 nitrogen and oxygen atoms in total. The Morgan fingerprint density at radius 2 is 0.604 bits per heavy atom. The lowest BCUT2D eigenvalue weighted by Gasteiger charge is -2.39. The monoisotopic (exact) mass is 1830 g/mol. The van der Waals surface area contributed by atoms with Crippen LogP contribution in [0.15, 0.2) is 238 Å². The van der Waals surface area contributed by atoms with Gasteiger partial charge in [-0.2, -0.15) is 40.8 Å². The topological polar surface area (TPSA) is 528 Å². The third kappa shape index (κ3) is 20.0. The quantitative estimate of drug-likeness (QED) is 0.0222. The summed E-state index contributed by atoms with van der Waals surface area (Å²) < 4.78 is 82.8. The number of anilines is 4. The molecule has 0 radical (unpaired) electrons. The Balaban J connectivity index is 0.000000122. The van der Waals surface area contributed by atoms with Crippen LogP contribution >= 0.6 is 0 Å². The zero-order valence-electron chi connectivity index (χ0n) is 70.7. The van der Waals surface area contributed by atoms with Crippen molar-refractivity contribution in [2.45, 2.75) is 48.9 Å². The fourth-order valence-electron chi connectivity index (χ4n) is 14.9. The van der Waals surface area contributed by atoms with Gasteiger partial charge in [0.1, 0.15) is 57.7 Å². The minimum Gasteiger partial charge on any atom is -0.483 e. The number of furan rings is 4. The van der Waals surface area contributed by atoms with E-state index in [1.54, 1.807) is 181 Å². The average Bonchev–Trinajstić information content (AvgIpc) is 1.59. The number of likely N-dealkylation sites (N-methyl/N-ethyl adjacent to an activating group) is 2. The zero-order valence-corrected chi connectivity index (χ0v) is 70.7. The van der Waals surface area contributed by atoms with Gasteiger partial charge >= 0.3 is 0 Å². The molecule has 2 atom stereocenters. The number of amides is 6. The molecule has 6 aliphatic rings. The van der Waals surface area contributed by atoms with Crippen molar-refractivity contribution in [3.05, 3.63) is 244 Å². The van der Waals surface area contributed by atoms with Crippen LogP contribution in [0.25, 0.3) is 90.8 Å². The highest BCUT2D eigenvalue weighted by Crippen LogP contribution is 2.52. The van der Waals surface area contributed by atoms with E-state index in [4.69, 9.17) is 47.7 Å². The van der Waals surface area contributed by atoms with Crippen LogP contribution < -0.4 is 21.3 Å². The normalized spacial score (nSPS) is 16.3. The maximum absolute atomic E-state index is 13.2. The van der Waals surface area contributed by atoms with Gasteiger partial charge in [-0.1, -0.05) is 24.3 Å². The molecule has 0 aromatic carbocycles. The lowest BCUT2D eigenvalue weighted by Crippen LogP contribution is -2.51. The average molecular weight is 1830 g/mol. The van der Waals surface area contributed by atoms with Crippen molar-refractivity contribution in [3.8, 4) is 90.8 Å². The molecule has 20 heterocycles. The number of H-pyrrole nitrogens is 4. The second-order valence-corrected chi connectivity index (χ2v) is 31.6. The van der Waals surface area contributed by atoms with E-state index < -0.39 is 47.3 Å². The highest BCUT2D eigenvalue weighted by molar-refractivity contribution is 6.07. The number of rotatable bonds is 22. The van der Waals surface area contributed by atoms with Crippen LogP contribution in [-0.4, -0.2) is 256 Å². The molecular formula is C88H80F4N28O14. The first-order valence-electron chi connectivity index (χ1n) is 41.4. The Hall–Kier alpha value is -17.2. The van der Waals surface area contributed by atoms with E-state index in [1.807, 2.05) is 58.2 Å². The van der Waals surface area contributed by atoms with Crippen LogP contribution in [0.5, 0.6) is 0 Å². The summed E-state index contributed by atoms with van der Waals surface area (Å²) in [7, 11) is 4.13. The summed E-state index contributed by atoms with van der Waals surface area (Å²) in [5, 5.41) is 70.2. The van der Waals surface area contributed by atoms with Crippen molar-refractivity contribution < 1.29 is 83.8 Å². The van der Waals surface area contributed by atoms with Crippen LogP contribution in [0.3, 0.4) is 0 Å². The molecular weight excluding hydrogens is 1750 g/mol. The summed E-state index contributed by atoms with van der Waals surface area (Å²) in [4.78, 5) is 117. The highest BCUT2D eigenvalue weighted by atomic mass is 19.3. The van der Waals surface area contributed by atoms with Gasteiger partial charge in [0.2, 0.25) is 11.8 Å². The van der Waals surface area contributed by atoms with Crippen molar-refractivity contribution in [1.29, 1.82) is 0 Å². The van der Waals surface area contributed by atoms with E-state index in [0.717, 1.165) is 37.3 Å². The SMILES string of the molecule is CN1CC(n2cc(NC(=O)c3ccc(-c4cn[nH]c4)o3)c(-c3ccccn3)n2)C1.CN1CC(n2cc(NC(=O)c3ccc(-c4cn[nH]c4)o3)c(-c3ccccn3)n2)C1.O=C(Nc1cn(C2CN(C(=O)C3CC3(F)F)C2)nc1-c1ccccn1)c1ccc(-c2cn[nH]c2)o1.O=C(Nc1cn(C2CN(C(=O)C3CC3(F)F)C2)nc1-c1ccccn1)c1ccc(-c2cn[nH]c2)o1.O=CO.O=CO. The van der Waals surface area contributed by atoms with Gasteiger partial charge in [0, 0.05) is 140 Å². The van der Waals surface area contributed by atoms with Crippen molar-refractivity contribution in [1.82, 2.24) is 119 Å². The predicted octanol–water partition coefficient (Wildman–Crippen LogP) is 11.2. The van der Waals surface area contributed by atoms with Crippen molar-refractivity contribution >= 4 is 71.1 Å². The van der Waals surface area contributed by atoms with E-state index in [9.17, 15) is 46.3 Å². The molecule has 0 bridgehead atoms. The number of alkyl halides is 4. The Bertz CT molecular complexity index is 6350. The Morgan fingerprint density at radius 3 is 0.799 bits per heavy atom. The molecule has 10 N–H and O–H groups in total. The summed E-state index contributed by atoms with van der Waals surface area (Å²) >= 11 is 0. The highest BCUT2D eigenvalue weighted by Gasteiger charge is 2.64. The number of carboxylic acid groups (broad SMARTS) is 2. The number of nitrogens with zero attached hydrogens (tertiary/aromatic N) is 20. The molecule has 6 fully saturated rings. The van der Waals surface area contributed by atoms with Crippen molar-refractivity contribution in [2.75, 3.05) is 87.7 Å². The fraction of sp³-hybridized carbons (Fsp3) is 0.227. The predicted molar refractivity (Wildman–Crippen MR) is 467 cm³/mol. The Kier molecular flexibility index (Phi) is 25.6. The molecule has 684 valence electrons. The first kappa shape index (κ1) is 88.8. The van der Waals surface area contributed by atoms with Gasteiger partial charge < -0.3 is 68.7 Å². The third-order valence-electron chi connectivity index (χ3n) is 22.2. The molecule has 0 spiro atoms. The molecule has 16 aromatic rings. The molecule has 2 saturated carbocycles. The van der Waals surface area contributed by atoms with Gasteiger partial charge in [0.15, 0.2) is 23.0 Å². The number of aromatic nitrogens is 20. The van der Waals surface area contributed by atoms with Crippen LogP contribution in [-0.2, 0) is 19.2 Å². The van der Waals surface area contributed by atoms with Gasteiger partial charge in [-0.05, 0) is 111 Å². The smallest absolute Gasteiger partial charge is 0.291 e. The summed E-state index contributed by atoms with van der Waals surface area (Å²) in [5.74, 6) is -8.13. The summed E-state index contributed by atoms with van der Waals surface area (Å²) in [5.41, 5.74) is 9.65. The van der Waals surface area contributed by atoms with E-state index in [0.29, 0.717) is 102 Å². The Labute approximate surface area is 753 Å². The molecule has 2 unspecified atom stereocenters. The van der Waals surface area contributed by atoms with Gasteiger partial charge in [-0.25, -0.2) is 17.6 Å². The van der Waals surface area contributed by atoms with E-state index in [2.05, 4.69) is 116 Å². The second kappa shape index (κ2) is 38.6. The van der Waals surface area contributed by atoms with E-state index >= 15 is 0 Å². The standard InChI is InChI=1S/2C23H19F2N7O3.2C20H19N7O2.2CH2O2/c2*24-23(25)7-15(23)22(34)31-10-14(11-31)32-12-17(20(30-32)16-3-1-2-6-26-16)29-21(33)19-5-4-18(35-19)13-8-27-28-9-13;2*1-26-10-14(11-26)27-12-16(19(25-27)15-4-2-3-7-21-15)24-20(28)18-6-5-17(29-18)13-8-22-23-9-13;2*2-1-3/h2*1-6,8-9,12,14-15H,7,10-11H2,(H,27,28)(H,29,33);2*2-9,12,14H,10-11H2,1H3,(H,22,23)(H,24,28);2*1H,(H,2,3). The minimum atomic E-state index is -2.89. The number of halogens is 4. The first-order valence-corrected chi connectivity index (χ1v) is 41.4. The third-order valence-corrected chi connectivity index (χ3v) is 22.2. The van der Waals surface area contributed by atoms with Crippen LogP contribution in [0, 0.1) is 11.8 Å². The van der Waals surface area contributed by atoms with Gasteiger partial charge in [-0.15, -0.1) is 0 Å². The molecule has 46 heteroatoms.